The van der Waals surface area contributed by atoms with Gasteiger partial charge < -0.3 is 15.2 Å². The van der Waals surface area contributed by atoms with E-state index in [1.165, 1.54) is 0 Å². The molecule has 1 atom stereocenters. The van der Waals surface area contributed by atoms with E-state index < -0.39 is 18.0 Å². The third-order valence-electron chi connectivity index (χ3n) is 2.06. The number of carbonyl (C=O) groups is 3. The Balaban J connectivity index is 3.71. The average Bonchev–Trinajstić information content (AvgIpc) is 2.24. The van der Waals surface area contributed by atoms with Gasteiger partial charge >= 0.3 is 11.9 Å². The van der Waals surface area contributed by atoms with Gasteiger partial charge in [0, 0.05) is 12.8 Å². The molecule has 98 valence electrons. The molecular formula is C11H19NO5. The number of aliphatic carboxylic acids is 1. The second-order valence-corrected chi connectivity index (χ2v) is 3.64. The normalized spacial score (nSPS) is 11.6. The molecule has 0 aromatic rings. The topological polar surface area (TPSA) is 92.7 Å². The van der Waals surface area contributed by atoms with Crippen molar-refractivity contribution in [2.45, 2.75) is 45.6 Å². The molecule has 0 aliphatic rings. The van der Waals surface area contributed by atoms with Crippen molar-refractivity contribution in [3.63, 3.8) is 0 Å². The van der Waals surface area contributed by atoms with Gasteiger partial charge in [0.15, 0.2) is 0 Å². The molecule has 0 radical (unpaired) electrons. The van der Waals surface area contributed by atoms with Crippen LogP contribution in [-0.4, -0.2) is 35.6 Å². The van der Waals surface area contributed by atoms with Crippen LogP contribution in [0.15, 0.2) is 0 Å². The van der Waals surface area contributed by atoms with Crippen LogP contribution in [0.1, 0.15) is 39.5 Å². The van der Waals surface area contributed by atoms with Gasteiger partial charge in [0.25, 0.3) is 0 Å². The number of nitrogens with one attached hydrogen (secondary N) is 1. The highest BCUT2D eigenvalue weighted by atomic mass is 16.5. The largest absolute Gasteiger partial charge is 0.481 e. The Morgan fingerprint density at radius 3 is 2.35 bits per heavy atom. The van der Waals surface area contributed by atoms with Crippen molar-refractivity contribution in [2.75, 3.05) is 6.61 Å². The summed E-state index contributed by atoms with van der Waals surface area (Å²) in [5, 5.41) is 10.9. The molecule has 0 aliphatic heterocycles. The zero-order valence-corrected chi connectivity index (χ0v) is 10.2. The summed E-state index contributed by atoms with van der Waals surface area (Å²) in [6.07, 6.45) is 1.22. The first-order chi connectivity index (χ1) is 7.97. The molecular weight excluding hydrogens is 226 g/mol. The molecule has 1 unspecified atom stereocenters. The minimum absolute atomic E-state index is 0.0563. The van der Waals surface area contributed by atoms with E-state index in [0.717, 1.165) is 0 Å². The van der Waals surface area contributed by atoms with Gasteiger partial charge in [-0.05, 0) is 26.7 Å². The summed E-state index contributed by atoms with van der Waals surface area (Å²) >= 11 is 0. The van der Waals surface area contributed by atoms with Gasteiger partial charge in [-0.1, -0.05) is 0 Å². The van der Waals surface area contributed by atoms with Crippen LogP contribution in [0.5, 0.6) is 0 Å². The Morgan fingerprint density at radius 2 is 1.82 bits per heavy atom. The van der Waals surface area contributed by atoms with Crippen molar-refractivity contribution < 1.29 is 24.2 Å². The van der Waals surface area contributed by atoms with Crippen molar-refractivity contribution in [3.05, 3.63) is 0 Å². The first kappa shape index (κ1) is 15.4. The van der Waals surface area contributed by atoms with Crippen molar-refractivity contribution >= 4 is 17.8 Å². The number of rotatable bonds is 8. The summed E-state index contributed by atoms with van der Waals surface area (Å²) < 4.78 is 4.73. The molecule has 0 saturated carbocycles. The third kappa shape index (κ3) is 8.24. The monoisotopic (exact) mass is 245 g/mol. The Morgan fingerprint density at radius 1 is 1.24 bits per heavy atom. The molecule has 2 N–H and O–H groups in total. The highest BCUT2D eigenvalue weighted by Crippen LogP contribution is 2.00. The Labute approximate surface area is 100 Å². The van der Waals surface area contributed by atoms with Crippen LogP contribution >= 0.6 is 0 Å². The van der Waals surface area contributed by atoms with Gasteiger partial charge in [0.05, 0.1) is 6.61 Å². The minimum Gasteiger partial charge on any atom is -0.481 e. The quantitative estimate of drug-likeness (QED) is 0.485. The average molecular weight is 245 g/mol. The maximum atomic E-state index is 11.3. The summed E-state index contributed by atoms with van der Waals surface area (Å²) in [5.74, 6) is -1.60. The van der Waals surface area contributed by atoms with Crippen LogP contribution in [0.2, 0.25) is 0 Å². The SMILES string of the molecule is CCOC(=O)C(C)NC(=O)CCCCC(=O)O. The van der Waals surface area contributed by atoms with E-state index in [9.17, 15) is 14.4 Å². The molecule has 0 saturated heterocycles. The molecule has 0 aromatic heterocycles. The number of hydrogen-bond donors (Lipinski definition) is 2. The van der Waals surface area contributed by atoms with Gasteiger partial charge in [0.2, 0.25) is 5.91 Å². The first-order valence-corrected chi connectivity index (χ1v) is 5.65. The van der Waals surface area contributed by atoms with Crippen LogP contribution in [0.3, 0.4) is 0 Å². The number of esters is 1. The van der Waals surface area contributed by atoms with E-state index in [0.29, 0.717) is 12.8 Å². The third-order valence-corrected chi connectivity index (χ3v) is 2.06. The summed E-state index contributed by atoms with van der Waals surface area (Å²) in [6.45, 7) is 3.52. The predicted octanol–water partition coefficient (Wildman–Crippen LogP) is 0.699. The van der Waals surface area contributed by atoms with E-state index in [1.54, 1.807) is 13.8 Å². The van der Waals surface area contributed by atoms with E-state index in [2.05, 4.69) is 5.32 Å². The standard InChI is InChI=1S/C11H19NO5/c1-3-17-11(16)8(2)12-9(13)6-4-5-7-10(14)15/h8H,3-7H2,1-2H3,(H,12,13)(H,14,15). The van der Waals surface area contributed by atoms with Crippen molar-refractivity contribution in [1.82, 2.24) is 5.32 Å². The molecule has 0 spiro atoms. The fourth-order valence-electron chi connectivity index (χ4n) is 1.20. The van der Waals surface area contributed by atoms with Crippen LogP contribution in [-0.2, 0) is 19.1 Å². The van der Waals surface area contributed by atoms with Crippen LogP contribution in [0.4, 0.5) is 0 Å². The molecule has 17 heavy (non-hydrogen) atoms. The smallest absolute Gasteiger partial charge is 0.328 e. The Bertz CT molecular complexity index is 277. The van der Waals surface area contributed by atoms with E-state index in [-0.39, 0.29) is 25.4 Å². The van der Waals surface area contributed by atoms with Gasteiger partial charge in [-0.2, -0.15) is 0 Å². The Kier molecular flexibility index (Phi) is 7.75. The summed E-state index contributed by atoms with van der Waals surface area (Å²) in [6, 6.07) is -0.665. The maximum Gasteiger partial charge on any atom is 0.328 e. The molecule has 0 bridgehead atoms. The number of hydrogen-bond acceptors (Lipinski definition) is 4. The van der Waals surface area contributed by atoms with Crippen LogP contribution in [0, 0.1) is 0 Å². The predicted molar refractivity (Wildman–Crippen MR) is 60.3 cm³/mol. The lowest BCUT2D eigenvalue weighted by Crippen LogP contribution is -2.39. The highest BCUT2D eigenvalue weighted by molar-refractivity contribution is 5.84. The van der Waals surface area contributed by atoms with Crippen LogP contribution < -0.4 is 5.32 Å². The maximum absolute atomic E-state index is 11.3. The van der Waals surface area contributed by atoms with Crippen molar-refractivity contribution in [3.8, 4) is 0 Å². The molecule has 0 aliphatic carbocycles. The number of amides is 1. The molecule has 0 aromatic carbocycles. The number of unbranched alkanes of at least 4 members (excludes halogenated alkanes) is 1. The van der Waals surface area contributed by atoms with Gasteiger partial charge in [-0.25, -0.2) is 4.79 Å². The number of carboxylic acids is 1. The fourth-order valence-corrected chi connectivity index (χ4v) is 1.20. The number of ether oxygens (including phenoxy) is 1. The highest BCUT2D eigenvalue weighted by Gasteiger charge is 2.15. The molecule has 0 rings (SSSR count). The lowest BCUT2D eigenvalue weighted by atomic mass is 10.2. The molecule has 1 amide bonds. The van der Waals surface area contributed by atoms with E-state index >= 15 is 0 Å². The molecule has 6 heteroatoms. The van der Waals surface area contributed by atoms with E-state index in [1.807, 2.05) is 0 Å². The molecule has 0 fully saturated rings. The molecule has 0 heterocycles. The Hall–Kier alpha value is -1.59. The van der Waals surface area contributed by atoms with Gasteiger partial charge in [0.1, 0.15) is 6.04 Å². The van der Waals surface area contributed by atoms with Gasteiger partial charge in [-0.15, -0.1) is 0 Å². The van der Waals surface area contributed by atoms with Crippen LogP contribution in [0.25, 0.3) is 0 Å². The summed E-state index contributed by atoms with van der Waals surface area (Å²) in [5.41, 5.74) is 0. The zero-order valence-electron chi connectivity index (χ0n) is 10.2. The molecule has 6 nitrogen and oxygen atoms in total. The lowest BCUT2D eigenvalue weighted by molar-refractivity contribution is -0.146. The summed E-state index contributed by atoms with van der Waals surface area (Å²) in [7, 11) is 0. The van der Waals surface area contributed by atoms with Crippen molar-refractivity contribution in [2.24, 2.45) is 0 Å². The number of carboxylic acid groups (broad SMARTS) is 1. The van der Waals surface area contributed by atoms with Crippen molar-refractivity contribution in [1.29, 1.82) is 0 Å². The lowest BCUT2D eigenvalue weighted by Gasteiger charge is -2.12. The second kappa shape index (κ2) is 8.55. The summed E-state index contributed by atoms with van der Waals surface area (Å²) in [4.78, 5) is 32.7. The minimum atomic E-state index is -0.870. The second-order valence-electron chi connectivity index (χ2n) is 3.64. The zero-order chi connectivity index (χ0) is 13.3. The first-order valence-electron chi connectivity index (χ1n) is 5.65. The number of carbonyl (C=O) groups excluding carboxylic acids is 2. The van der Waals surface area contributed by atoms with E-state index in [4.69, 9.17) is 9.84 Å². The fraction of sp³-hybridized carbons (Fsp3) is 0.727. The van der Waals surface area contributed by atoms with Gasteiger partial charge in [-0.3, -0.25) is 9.59 Å².